The highest BCUT2D eigenvalue weighted by atomic mass is 16.4. The predicted molar refractivity (Wildman–Crippen MR) is 71.9 cm³/mol. The summed E-state index contributed by atoms with van der Waals surface area (Å²) in [5, 5.41) is 12.2. The lowest BCUT2D eigenvalue weighted by Gasteiger charge is -2.33. The highest BCUT2D eigenvalue weighted by Gasteiger charge is 2.30. The molecular weight excluding hydrogens is 244 g/mol. The smallest absolute Gasteiger partial charge is 0.320 e. The monoisotopic (exact) mass is 268 g/mol. The molecular formula is C14H24N2O3. The fraction of sp³-hybridized carbons (Fsp3) is 0.857. The van der Waals surface area contributed by atoms with E-state index in [-0.39, 0.29) is 12.5 Å². The number of nitrogens with zero attached hydrogens (tertiary/aromatic N) is 1. The van der Waals surface area contributed by atoms with E-state index in [9.17, 15) is 9.59 Å². The number of likely N-dealkylation sites (tertiary alicyclic amines) is 1. The van der Waals surface area contributed by atoms with Crippen molar-refractivity contribution in [3.63, 3.8) is 0 Å². The Morgan fingerprint density at radius 3 is 2.42 bits per heavy atom. The molecule has 0 bridgehead atoms. The minimum absolute atomic E-state index is 0.0138. The van der Waals surface area contributed by atoms with Crippen LogP contribution in [-0.2, 0) is 9.59 Å². The third-order valence-corrected chi connectivity index (χ3v) is 4.22. The maximum absolute atomic E-state index is 12.0. The zero-order chi connectivity index (χ0) is 13.7. The molecule has 19 heavy (non-hydrogen) atoms. The van der Waals surface area contributed by atoms with Crippen molar-refractivity contribution in [2.24, 2.45) is 0 Å². The van der Waals surface area contributed by atoms with Crippen LogP contribution in [0.15, 0.2) is 0 Å². The Kier molecular flexibility index (Phi) is 5.19. The van der Waals surface area contributed by atoms with Crippen molar-refractivity contribution in [2.45, 2.75) is 63.5 Å². The van der Waals surface area contributed by atoms with Crippen LogP contribution in [0.3, 0.4) is 0 Å². The van der Waals surface area contributed by atoms with Crippen molar-refractivity contribution in [3.05, 3.63) is 0 Å². The highest BCUT2D eigenvalue weighted by molar-refractivity contribution is 5.80. The van der Waals surface area contributed by atoms with Gasteiger partial charge in [0, 0.05) is 6.04 Å². The van der Waals surface area contributed by atoms with E-state index in [2.05, 4.69) is 5.32 Å². The van der Waals surface area contributed by atoms with Crippen LogP contribution in [-0.4, -0.2) is 47.1 Å². The molecule has 1 amide bonds. The summed E-state index contributed by atoms with van der Waals surface area (Å²) in [6, 6.07) is -0.180. The van der Waals surface area contributed by atoms with E-state index in [0.29, 0.717) is 12.5 Å². The molecule has 108 valence electrons. The van der Waals surface area contributed by atoms with Crippen LogP contribution in [0.1, 0.15) is 51.4 Å². The van der Waals surface area contributed by atoms with E-state index < -0.39 is 12.0 Å². The minimum atomic E-state index is -0.801. The van der Waals surface area contributed by atoms with Gasteiger partial charge >= 0.3 is 5.97 Å². The summed E-state index contributed by atoms with van der Waals surface area (Å²) in [6.07, 6.45) is 8.35. The fourth-order valence-electron chi connectivity index (χ4n) is 3.16. The van der Waals surface area contributed by atoms with Gasteiger partial charge in [0.05, 0.1) is 6.54 Å². The predicted octanol–water partition coefficient (Wildman–Crippen LogP) is 1.37. The number of carbonyl (C=O) groups is 2. The summed E-state index contributed by atoms with van der Waals surface area (Å²) in [5.41, 5.74) is 0. The van der Waals surface area contributed by atoms with E-state index in [1.807, 2.05) is 4.90 Å². The van der Waals surface area contributed by atoms with Crippen molar-refractivity contribution in [1.82, 2.24) is 10.2 Å². The second kappa shape index (κ2) is 6.89. The second-order valence-corrected chi connectivity index (χ2v) is 5.72. The van der Waals surface area contributed by atoms with Crippen LogP contribution in [0.5, 0.6) is 0 Å². The lowest BCUT2D eigenvalue weighted by Crippen LogP contribution is -2.50. The maximum Gasteiger partial charge on any atom is 0.320 e. The first kappa shape index (κ1) is 14.3. The zero-order valence-corrected chi connectivity index (χ0v) is 11.4. The Morgan fingerprint density at radius 2 is 1.74 bits per heavy atom. The fourth-order valence-corrected chi connectivity index (χ4v) is 3.16. The van der Waals surface area contributed by atoms with Crippen molar-refractivity contribution >= 4 is 11.9 Å². The number of amides is 1. The Hall–Kier alpha value is -1.10. The third kappa shape index (κ3) is 4.20. The zero-order valence-electron chi connectivity index (χ0n) is 11.4. The van der Waals surface area contributed by atoms with Gasteiger partial charge in [-0.05, 0) is 32.2 Å². The molecule has 2 N–H and O–H groups in total. The number of carbonyl (C=O) groups excluding carboxylic acids is 1. The molecule has 1 atom stereocenters. The van der Waals surface area contributed by atoms with Gasteiger partial charge in [-0.25, -0.2) is 0 Å². The van der Waals surface area contributed by atoms with Gasteiger partial charge in [0.1, 0.15) is 6.04 Å². The van der Waals surface area contributed by atoms with Gasteiger partial charge in [-0.2, -0.15) is 0 Å². The second-order valence-electron chi connectivity index (χ2n) is 5.72. The molecule has 0 aromatic carbocycles. The summed E-state index contributed by atoms with van der Waals surface area (Å²) in [4.78, 5) is 25.0. The van der Waals surface area contributed by atoms with E-state index in [0.717, 1.165) is 32.2 Å². The molecule has 0 aromatic heterocycles. The Balaban J connectivity index is 1.80. The lowest BCUT2D eigenvalue weighted by molar-refractivity contribution is -0.145. The first-order chi connectivity index (χ1) is 9.16. The summed E-state index contributed by atoms with van der Waals surface area (Å²) in [5.74, 6) is -0.815. The first-order valence-electron chi connectivity index (χ1n) is 7.43. The first-order valence-corrected chi connectivity index (χ1v) is 7.43. The van der Waals surface area contributed by atoms with E-state index in [1.54, 1.807) is 0 Å². The minimum Gasteiger partial charge on any atom is -0.480 e. The molecule has 5 nitrogen and oxygen atoms in total. The Bertz CT molecular complexity index is 327. The molecule has 1 aliphatic carbocycles. The largest absolute Gasteiger partial charge is 0.480 e. The normalized spacial score (nSPS) is 26.0. The van der Waals surface area contributed by atoms with E-state index in [4.69, 9.17) is 5.11 Å². The molecule has 2 fully saturated rings. The number of aliphatic carboxylic acids is 1. The molecule has 2 aliphatic rings. The summed E-state index contributed by atoms with van der Waals surface area (Å²) in [7, 11) is 0. The van der Waals surface area contributed by atoms with E-state index >= 15 is 0 Å². The van der Waals surface area contributed by atoms with Gasteiger partial charge in [-0.3, -0.25) is 14.5 Å². The number of carboxylic acids is 1. The average Bonchev–Trinajstić information content (AvgIpc) is 2.40. The summed E-state index contributed by atoms with van der Waals surface area (Å²) in [6.45, 7) is 0.947. The summed E-state index contributed by atoms with van der Waals surface area (Å²) < 4.78 is 0. The van der Waals surface area contributed by atoms with E-state index in [1.165, 1.54) is 19.3 Å². The van der Waals surface area contributed by atoms with Gasteiger partial charge in [-0.1, -0.05) is 25.7 Å². The molecule has 1 saturated carbocycles. The topological polar surface area (TPSA) is 69.6 Å². The molecule has 0 spiro atoms. The number of hydrogen-bond donors (Lipinski definition) is 2. The molecule has 0 radical (unpaired) electrons. The van der Waals surface area contributed by atoms with Crippen LogP contribution >= 0.6 is 0 Å². The van der Waals surface area contributed by atoms with Crippen LogP contribution in [0.2, 0.25) is 0 Å². The molecule has 1 aliphatic heterocycles. The third-order valence-electron chi connectivity index (χ3n) is 4.22. The van der Waals surface area contributed by atoms with Gasteiger partial charge in [0.25, 0.3) is 0 Å². The Morgan fingerprint density at radius 1 is 1.05 bits per heavy atom. The molecule has 2 rings (SSSR count). The van der Waals surface area contributed by atoms with Crippen LogP contribution in [0.4, 0.5) is 0 Å². The van der Waals surface area contributed by atoms with Crippen LogP contribution in [0.25, 0.3) is 0 Å². The molecule has 1 saturated heterocycles. The molecule has 1 heterocycles. The number of carboxylic acid groups (broad SMARTS) is 1. The lowest BCUT2D eigenvalue weighted by atomic mass is 9.95. The van der Waals surface area contributed by atoms with Crippen molar-refractivity contribution in [3.8, 4) is 0 Å². The maximum atomic E-state index is 12.0. The number of rotatable bonds is 4. The highest BCUT2D eigenvalue weighted by Crippen LogP contribution is 2.19. The van der Waals surface area contributed by atoms with Crippen molar-refractivity contribution in [2.75, 3.05) is 13.1 Å². The molecule has 0 aromatic rings. The number of hydrogen-bond acceptors (Lipinski definition) is 3. The van der Waals surface area contributed by atoms with Crippen LogP contribution in [0, 0.1) is 0 Å². The van der Waals surface area contributed by atoms with Gasteiger partial charge in [-0.15, -0.1) is 0 Å². The SMILES string of the molecule is O=C(CN1CCCCC1C(=O)O)NC1CCCCC1. The van der Waals surface area contributed by atoms with Gasteiger partial charge in [0.2, 0.25) is 5.91 Å². The van der Waals surface area contributed by atoms with Crippen molar-refractivity contribution in [1.29, 1.82) is 0 Å². The Labute approximate surface area is 114 Å². The van der Waals surface area contributed by atoms with Gasteiger partial charge in [0.15, 0.2) is 0 Å². The average molecular weight is 268 g/mol. The van der Waals surface area contributed by atoms with Crippen molar-refractivity contribution < 1.29 is 14.7 Å². The number of nitrogens with one attached hydrogen (secondary N) is 1. The quantitative estimate of drug-likeness (QED) is 0.808. The standard InChI is InChI=1S/C14H24N2O3/c17-13(15-11-6-2-1-3-7-11)10-16-9-5-4-8-12(16)14(18)19/h11-12H,1-10H2,(H,15,17)(H,18,19). The van der Waals surface area contributed by atoms with Crippen LogP contribution < -0.4 is 5.32 Å². The molecule has 1 unspecified atom stereocenters. The summed E-state index contributed by atoms with van der Waals surface area (Å²) >= 11 is 0. The number of piperidine rings is 1. The van der Waals surface area contributed by atoms with Gasteiger partial charge < -0.3 is 10.4 Å². The molecule has 5 heteroatoms.